The summed E-state index contributed by atoms with van der Waals surface area (Å²) >= 11 is 0. The van der Waals surface area contributed by atoms with Gasteiger partial charge in [0.15, 0.2) is 0 Å². The van der Waals surface area contributed by atoms with Crippen LogP contribution in [-0.4, -0.2) is 23.6 Å². The van der Waals surface area contributed by atoms with Crippen molar-refractivity contribution in [2.75, 3.05) is 6.54 Å². The van der Waals surface area contributed by atoms with Crippen LogP contribution in [0, 0.1) is 5.92 Å². The maximum atomic E-state index is 11.4. The van der Waals surface area contributed by atoms with Gasteiger partial charge in [-0.05, 0) is 26.2 Å². The first-order valence-electron chi connectivity index (χ1n) is 5.13. The van der Waals surface area contributed by atoms with E-state index in [1.54, 1.807) is 0 Å². The monoisotopic (exact) mass is 185 g/mol. The second-order valence-corrected chi connectivity index (χ2v) is 3.85. The molecule has 0 saturated carbocycles. The molecule has 1 aliphatic rings. The molecule has 13 heavy (non-hydrogen) atoms. The van der Waals surface area contributed by atoms with E-state index in [9.17, 15) is 4.79 Å². The molecular weight excluding hydrogens is 166 g/mol. The van der Waals surface area contributed by atoms with Crippen molar-refractivity contribution in [1.82, 2.24) is 5.06 Å². The molecule has 3 heteroatoms. The van der Waals surface area contributed by atoms with Gasteiger partial charge in [0.25, 0.3) is 0 Å². The van der Waals surface area contributed by atoms with Crippen LogP contribution in [0.15, 0.2) is 0 Å². The molecule has 0 amide bonds. The summed E-state index contributed by atoms with van der Waals surface area (Å²) in [5.74, 6) is -0.0657. The zero-order valence-corrected chi connectivity index (χ0v) is 8.75. The zero-order chi connectivity index (χ0) is 9.84. The molecule has 1 fully saturated rings. The fraction of sp³-hybridized carbons (Fsp3) is 0.900. The zero-order valence-electron chi connectivity index (χ0n) is 8.75. The van der Waals surface area contributed by atoms with Gasteiger partial charge in [0.2, 0.25) is 0 Å². The topological polar surface area (TPSA) is 29.5 Å². The average Bonchev–Trinajstić information content (AvgIpc) is 2.50. The van der Waals surface area contributed by atoms with E-state index in [1.807, 2.05) is 18.9 Å². The smallest absolute Gasteiger partial charge is 0.327 e. The molecule has 0 spiro atoms. The molecule has 0 aromatic rings. The molecule has 0 aromatic carbocycles. The lowest BCUT2D eigenvalue weighted by molar-refractivity contribution is -0.197. The molecule has 1 heterocycles. The molecule has 1 saturated heterocycles. The lowest BCUT2D eigenvalue weighted by Crippen LogP contribution is -2.32. The van der Waals surface area contributed by atoms with Gasteiger partial charge >= 0.3 is 5.97 Å². The van der Waals surface area contributed by atoms with Crippen molar-refractivity contribution in [3.63, 3.8) is 0 Å². The Morgan fingerprint density at radius 1 is 1.69 bits per heavy atom. The van der Waals surface area contributed by atoms with Crippen molar-refractivity contribution < 1.29 is 9.63 Å². The molecule has 0 radical (unpaired) electrons. The van der Waals surface area contributed by atoms with Crippen molar-refractivity contribution in [3.05, 3.63) is 0 Å². The normalized spacial score (nSPS) is 25.9. The van der Waals surface area contributed by atoms with Crippen LogP contribution in [-0.2, 0) is 9.63 Å². The Morgan fingerprint density at radius 2 is 2.38 bits per heavy atom. The molecule has 3 nitrogen and oxygen atoms in total. The molecule has 76 valence electrons. The van der Waals surface area contributed by atoms with E-state index >= 15 is 0 Å². The summed E-state index contributed by atoms with van der Waals surface area (Å²) in [6.07, 6.45) is 3.11. The van der Waals surface area contributed by atoms with E-state index in [4.69, 9.17) is 4.84 Å². The molecule has 0 aliphatic carbocycles. The second-order valence-electron chi connectivity index (χ2n) is 3.85. The summed E-state index contributed by atoms with van der Waals surface area (Å²) < 4.78 is 0. The van der Waals surface area contributed by atoms with Gasteiger partial charge < -0.3 is 4.84 Å². The summed E-state index contributed by atoms with van der Waals surface area (Å²) in [5, 5.41) is 1.81. The molecule has 0 bridgehead atoms. The third kappa shape index (κ3) is 2.69. The molecule has 2 unspecified atom stereocenters. The molecule has 1 aliphatic heterocycles. The van der Waals surface area contributed by atoms with Gasteiger partial charge in [-0.2, -0.15) is 0 Å². The molecular formula is C10H19NO2. The standard InChI is InChI=1S/C10H19NO2/c1-4-8(2)10(12)13-11-7-5-6-9(11)3/h8-9H,4-7H2,1-3H3. The van der Waals surface area contributed by atoms with Gasteiger partial charge in [-0.15, -0.1) is 5.06 Å². The highest BCUT2D eigenvalue weighted by Crippen LogP contribution is 2.18. The highest BCUT2D eigenvalue weighted by molar-refractivity contribution is 5.71. The number of carbonyl (C=O) groups is 1. The Balaban J connectivity index is 2.35. The van der Waals surface area contributed by atoms with Crippen LogP contribution in [0.5, 0.6) is 0 Å². The molecule has 0 N–H and O–H groups in total. The van der Waals surface area contributed by atoms with Gasteiger partial charge in [-0.25, -0.2) is 0 Å². The maximum Gasteiger partial charge on any atom is 0.327 e. The van der Waals surface area contributed by atoms with Crippen LogP contribution < -0.4 is 0 Å². The summed E-state index contributed by atoms with van der Waals surface area (Å²) in [4.78, 5) is 16.7. The van der Waals surface area contributed by atoms with Gasteiger partial charge in [0.05, 0.1) is 5.92 Å². The third-order valence-electron chi connectivity index (χ3n) is 2.71. The highest BCUT2D eigenvalue weighted by Gasteiger charge is 2.25. The molecule has 2 atom stereocenters. The van der Waals surface area contributed by atoms with Crippen LogP contribution in [0.1, 0.15) is 40.0 Å². The lowest BCUT2D eigenvalue weighted by Gasteiger charge is -2.21. The quantitative estimate of drug-likeness (QED) is 0.673. The van der Waals surface area contributed by atoms with Crippen LogP contribution in [0.3, 0.4) is 0 Å². The van der Waals surface area contributed by atoms with Crippen molar-refractivity contribution in [1.29, 1.82) is 0 Å². The van der Waals surface area contributed by atoms with Crippen LogP contribution in [0.4, 0.5) is 0 Å². The largest absolute Gasteiger partial charge is 0.367 e. The van der Waals surface area contributed by atoms with Gasteiger partial charge in [-0.3, -0.25) is 4.79 Å². The van der Waals surface area contributed by atoms with Crippen molar-refractivity contribution in [2.24, 2.45) is 5.92 Å². The van der Waals surface area contributed by atoms with Crippen LogP contribution in [0.25, 0.3) is 0 Å². The lowest BCUT2D eigenvalue weighted by atomic mass is 10.1. The van der Waals surface area contributed by atoms with E-state index in [0.29, 0.717) is 6.04 Å². The summed E-state index contributed by atoms with van der Waals surface area (Å²) in [6, 6.07) is 0.396. The van der Waals surface area contributed by atoms with Gasteiger partial charge in [0, 0.05) is 12.6 Å². The third-order valence-corrected chi connectivity index (χ3v) is 2.71. The number of carbonyl (C=O) groups excluding carboxylic acids is 1. The first kappa shape index (κ1) is 10.5. The predicted molar refractivity (Wildman–Crippen MR) is 50.9 cm³/mol. The number of hydrogen-bond acceptors (Lipinski definition) is 3. The Kier molecular flexibility index (Phi) is 3.72. The van der Waals surface area contributed by atoms with Gasteiger partial charge in [0.1, 0.15) is 0 Å². The Hall–Kier alpha value is -0.570. The van der Waals surface area contributed by atoms with Crippen LogP contribution in [0.2, 0.25) is 0 Å². The SMILES string of the molecule is CCC(C)C(=O)ON1CCCC1C. The van der Waals surface area contributed by atoms with E-state index in [1.165, 1.54) is 0 Å². The summed E-state index contributed by atoms with van der Waals surface area (Å²) in [7, 11) is 0. The fourth-order valence-corrected chi connectivity index (χ4v) is 1.41. The second kappa shape index (κ2) is 4.61. The van der Waals surface area contributed by atoms with Crippen molar-refractivity contribution >= 4 is 5.97 Å². The van der Waals surface area contributed by atoms with Crippen molar-refractivity contribution in [2.45, 2.75) is 46.1 Å². The average molecular weight is 185 g/mol. The number of hydroxylamine groups is 2. The Labute approximate surface area is 80.0 Å². The minimum absolute atomic E-state index is 0.0211. The fourth-order valence-electron chi connectivity index (χ4n) is 1.41. The predicted octanol–water partition coefficient (Wildman–Crippen LogP) is 1.97. The van der Waals surface area contributed by atoms with Crippen LogP contribution >= 0.6 is 0 Å². The number of hydrogen-bond donors (Lipinski definition) is 0. The minimum atomic E-state index is -0.0868. The van der Waals surface area contributed by atoms with Gasteiger partial charge in [-0.1, -0.05) is 13.8 Å². The molecule has 0 aromatic heterocycles. The maximum absolute atomic E-state index is 11.4. The summed E-state index contributed by atoms with van der Waals surface area (Å²) in [5.41, 5.74) is 0. The van der Waals surface area contributed by atoms with Crippen molar-refractivity contribution in [3.8, 4) is 0 Å². The van der Waals surface area contributed by atoms with E-state index in [-0.39, 0.29) is 11.9 Å². The summed E-state index contributed by atoms with van der Waals surface area (Å²) in [6.45, 7) is 6.89. The number of rotatable bonds is 3. The Bertz CT molecular complexity index is 182. The number of nitrogens with zero attached hydrogens (tertiary/aromatic N) is 1. The van der Waals surface area contributed by atoms with E-state index in [0.717, 1.165) is 25.8 Å². The minimum Gasteiger partial charge on any atom is -0.367 e. The highest BCUT2D eigenvalue weighted by atomic mass is 16.7. The van der Waals surface area contributed by atoms with E-state index in [2.05, 4.69) is 6.92 Å². The van der Waals surface area contributed by atoms with E-state index < -0.39 is 0 Å². The first-order chi connectivity index (χ1) is 6.15. The molecule has 1 rings (SSSR count). The Morgan fingerprint density at radius 3 is 2.85 bits per heavy atom. The first-order valence-corrected chi connectivity index (χ1v) is 5.13.